The summed E-state index contributed by atoms with van der Waals surface area (Å²) < 4.78 is 6.83. The van der Waals surface area contributed by atoms with E-state index in [1.54, 1.807) is 4.68 Å². The number of rotatable bonds is 2. The van der Waals surface area contributed by atoms with Gasteiger partial charge in [-0.15, -0.1) is 0 Å². The third kappa shape index (κ3) is 3.08. The second-order valence-corrected chi connectivity index (χ2v) is 4.74. The maximum Gasteiger partial charge on any atom is 0.313 e. The number of nitrogens with zero attached hydrogens (tertiary/aromatic N) is 2. The molecule has 0 aromatic carbocycles. The van der Waals surface area contributed by atoms with Crippen LogP contribution in [-0.2, 0) is 16.3 Å². The van der Waals surface area contributed by atoms with E-state index in [1.807, 2.05) is 40.7 Å². The molecule has 1 aromatic heterocycles. The molecule has 0 atom stereocenters. The molecule has 15 heavy (non-hydrogen) atoms. The van der Waals surface area contributed by atoms with Crippen molar-refractivity contribution in [2.75, 3.05) is 0 Å². The Kier molecular flexibility index (Phi) is 3.17. The minimum atomic E-state index is -0.462. The molecular formula is C11H18N2O2. The van der Waals surface area contributed by atoms with E-state index in [-0.39, 0.29) is 12.7 Å². The Bertz CT molecular complexity index is 361. The van der Waals surface area contributed by atoms with Crippen LogP contribution < -0.4 is 0 Å². The molecule has 4 heteroatoms. The zero-order chi connectivity index (χ0) is 11.6. The fourth-order valence-corrected chi connectivity index (χ4v) is 1.14. The Balaban J connectivity index is 2.58. The van der Waals surface area contributed by atoms with Crippen molar-refractivity contribution >= 4 is 5.97 Å². The number of hydrogen-bond donors (Lipinski definition) is 0. The van der Waals surface area contributed by atoms with E-state index < -0.39 is 5.41 Å². The molecule has 0 bridgehead atoms. The fourth-order valence-electron chi connectivity index (χ4n) is 1.14. The number of esters is 1. The molecule has 0 aliphatic rings. The van der Waals surface area contributed by atoms with Crippen LogP contribution in [0.15, 0.2) is 6.07 Å². The average Bonchev–Trinajstić information content (AvgIpc) is 2.39. The Morgan fingerprint density at radius 1 is 1.47 bits per heavy atom. The Hall–Kier alpha value is -1.32. The lowest BCUT2D eigenvalue weighted by Crippen LogP contribution is -2.24. The molecule has 0 radical (unpaired) electrons. The minimum absolute atomic E-state index is 0.190. The fraction of sp³-hybridized carbons (Fsp3) is 0.636. The summed E-state index contributed by atoms with van der Waals surface area (Å²) in [6.07, 6.45) is 0. The Morgan fingerprint density at radius 3 is 2.47 bits per heavy atom. The van der Waals surface area contributed by atoms with E-state index in [9.17, 15) is 4.79 Å². The van der Waals surface area contributed by atoms with Crippen LogP contribution in [-0.4, -0.2) is 15.7 Å². The molecular weight excluding hydrogens is 192 g/mol. The van der Waals surface area contributed by atoms with Gasteiger partial charge in [0.2, 0.25) is 0 Å². The zero-order valence-electron chi connectivity index (χ0n) is 10.00. The highest BCUT2D eigenvalue weighted by molar-refractivity contribution is 5.75. The first-order chi connectivity index (χ1) is 6.80. The van der Waals surface area contributed by atoms with E-state index in [0.717, 1.165) is 11.4 Å². The lowest BCUT2D eigenvalue weighted by Gasteiger charge is -2.16. The smallest absolute Gasteiger partial charge is 0.313 e. The molecule has 0 fully saturated rings. The molecule has 0 aliphatic heterocycles. The van der Waals surface area contributed by atoms with Gasteiger partial charge in [-0.1, -0.05) is 0 Å². The van der Waals surface area contributed by atoms with Gasteiger partial charge in [0.1, 0.15) is 0 Å². The van der Waals surface area contributed by atoms with E-state index in [1.165, 1.54) is 0 Å². The topological polar surface area (TPSA) is 44.1 Å². The SMILES string of the molecule is Cc1cc(C)n(COC(=O)C(C)(C)C)n1. The van der Waals surface area contributed by atoms with Gasteiger partial charge in [0.05, 0.1) is 11.1 Å². The number of aromatic nitrogens is 2. The third-order valence-electron chi connectivity index (χ3n) is 2.03. The highest BCUT2D eigenvalue weighted by Gasteiger charge is 2.23. The van der Waals surface area contributed by atoms with Crippen LogP contribution in [0.1, 0.15) is 32.2 Å². The standard InChI is InChI=1S/C11H18N2O2/c1-8-6-9(2)13(12-8)7-15-10(14)11(3,4)5/h6H,7H2,1-5H3. The molecule has 0 spiro atoms. The van der Waals surface area contributed by atoms with Gasteiger partial charge in [-0.05, 0) is 40.7 Å². The van der Waals surface area contributed by atoms with E-state index in [2.05, 4.69) is 5.10 Å². The van der Waals surface area contributed by atoms with Gasteiger partial charge in [-0.2, -0.15) is 5.10 Å². The third-order valence-corrected chi connectivity index (χ3v) is 2.03. The van der Waals surface area contributed by atoms with Crippen molar-refractivity contribution in [2.24, 2.45) is 5.41 Å². The molecule has 0 amide bonds. The molecule has 84 valence electrons. The predicted octanol–water partition coefficient (Wildman–Crippen LogP) is 2.05. The van der Waals surface area contributed by atoms with Crippen LogP contribution in [0.3, 0.4) is 0 Å². The molecule has 1 rings (SSSR count). The second kappa shape index (κ2) is 4.04. The Labute approximate surface area is 90.2 Å². The molecule has 0 saturated carbocycles. The van der Waals surface area contributed by atoms with Crippen LogP contribution in [0.25, 0.3) is 0 Å². The predicted molar refractivity (Wildman–Crippen MR) is 57.2 cm³/mol. The first-order valence-corrected chi connectivity index (χ1v) is 4.99. The zero-order valence-corrected chi connectivity index (χ0v) is 10.00. The van der Waals surface area contributed by atoms with Gasteiger partial charge in [0, 0.05) is 5.69 Å². The minimum Gasteiger partial charge on any atom is -0.442 e. The summed E-state index contributed by atoms with van der Waals surface area (Å²) in [5, 5.41) is 4.20. The number of ether oxygens (including phenoxy) is 1. The summed E-state index contributed by atoms with van der Waals surface area (Å²) in [4.78, 5) is 11.5. The van der Waals surface area contributed by atoms with Crippen LogP contribution >= 0.6 is 0 Å². The summed E-state index contributed by atoms with van der Waals surface area (Å²) in [6.45, 7) is 9.53. The first kappa shape index (κ1) is 11.8. The number of carbonyl (C=O) groups excluding carboxylic acids is 1. The molecule has 1 heterocycles. The Morgan fingerprint density at radius 2 is 2.07 bits per heavy atom. The average molecular weight is 210 g/mol. The quantitative estimate of drug-likeness (QED) is 0.702. The van der Waals surface area contributed by atoms with Gasteiger partial charge in [0.15, 0.2) is 6.73 Å². The van der Waals surface area contributed by atoms with Crippen LogP contribution in [0.2, 0.25) is 0 Å². The van der Waals surface area contributed by atoms with Crippen molar-refractivity contribution < 1.29 is 9.53 Å². The van der Waals surface area contributed by atoms with Gasteiger partial charge in [-0.3, -0.25) is 4.79 Å². The van der Waals surface area contributed by atoms with E-state index in [0.29, 0.717) is 0 Å². The summed E-state index contributed by atoms with van der Waals surface area (Å²) in [7, 11) is 0. The highest BCUT2D eigenvalue weighted by Crippen LogP contribution is 2.15. The lowest BCUT2D eigenvalue weighted by atomic mass is 9.98. The number of hydrogen-bond acceptors (Lipinski definition) is 3. The van der Waals surface area contributed by atoms with Crippen molar-refractivity contribution in [3.63, 3.8) is 0 Å². The van der Waals surface area contributed by atoms with Crippen LogP contribution in [0.5, 0.6) is 0 Å². The first-order valence-electron chi connectivity index (χ1n) is 4.99. The maximum absolute atomic E-state index is 11.5. The van der Waals surface area contributed by atoms with Crippen molar-refractivity contribution in [1.29, 1.82) is 0 Å². The molecule has 0 aliphatic carbocycles. The van der Waals surface area contributed by atoms with E-state index in [4.69, 9.17) is 4.74 Å². The monoisotopic (exact) mass is 210 g/mol. The van der Waals surface area contributed by atoms with Gasteiger partial charge < -0.3 is 4.74 Å². The summed E-state index contributed by atoms with van der Waals surface area (Å²) >= 11 is 0. The normalized spacial score (nSPS) is 11.5. The van der Waals surface area contributed by atoms with Gasteiger partial charge in [-0.25, -0.2) is 4.68 Å². The molecule has 0 unspecified atom stereocenters. The van der Waals surface area contributed by atoms with E-state index >= 15 is 0 Å². The molecule has 0 N–H and O–H groups in total. The number of aryl methyl sites for hydroxylation is 2. The molecule has 1 aromatic rings. The largest absolute Gasteiger partial charge is 0.442 e. The summed E-state index contributed by atoms with van der Waals surface area (Å²) in [5.41, 5.74) is 1.46. The maximum atomic E-state index is 11.5. The molecule has 0 saturated heterocycles. The number of carbonyl (C=O) groups is 1. The van der Waals surface area contributed by atoms with Crippen molar-refractivity contribution in [3.8, 4) is 0 Å². The lowest BCUT2D eigenvalue weighted by molar-refractivity contribution is -0.157. The van der Waals surface area contributed by atoms with Crippen LogP contribution in [0, 0.1) is 19.3 Å². The summed E-state index contributed by atoms with van der Waals surface area (Å²) in [6, 6.07) is 1.95. The van der Waals surface area contributed by atoms with Gasteiger partial charge in [0.25, 0.3) is 0 Å². The van der Waals surface area contributed by atoms with Crippen molar-refractivity contribution in [1.82, 2.24) is 9.78 Å². The second-order valence-electron chi connectivity index (χ2n) is 4.74. The highest BCUT2D eigenvalue weighted by atomic mass is 16.5. The molecule has 4 nitrogen and oxygen atoms in total. The summed E-state index contributed by atoms with van der Waals surface area (Å²) in [5.74, 6) is -0.213. The van der Waals surface area contributed by atoms with Crippen molar-refractivity contribution in [2.45, 2.75) is 41.3 Å². The van der Waals surface area contributed by atoms with Crippen LogP contribution in [0.4, 0.5) is 0 Å². The van der Waals surface area contributed by atoms with Gasteiger partial charge >= 0.3 is 5.97 Å². The van der Waals surface area contributed by atoms with Crippen molar-refractivity contribution in [3.05, 3.63) is 17.5 Å².